The average Bonchev–Trinajstić information content (AvgIpc) is 2.87. The van der Waals surface area contributed by atoms with Gasteiger partial charge in [-0.05, 0) is 17.7 Å². The van der Waals surface area contributed by atoms with Gasteiger partial charge < -0.3 is 15.2 Å². The van der Waals surface area contributed by atoms with Crippen LogP contribution in [0.1, 0.15) is 18.4 Å². The van der Waals surface area contributed by atoms with Crippen LogP contribution in [0, 0.1) is 0 Å². The molecule has 2 aliphatic heterocycles. The van der Waals surface area contributed by atoms with Crippen LogP contribution in [0.3, 0.4) is 0 Å². The number of piperidine rings is 1. The van der Waals surface area contributed by atoms with Gasteiger partial charge in [-0.2, -0.15) is 0 Å². The van der Waals surface area contributed by atoms with Gasteiger partial charge in [0.05, 0.1) is 19.0 Å². The van der Waals surface area contributed by atoms with Crippen molar-refractivity contribution in [1.82, 2.24) is 4.31 Å². The zero-order valence-electron chi connectivity index (χ0n) is 11.8. The molecule has 0 amide bonds. The van der Waals surface area contributed by atoms with E-state index in [1.165, 1.54) is 4.31 Å². The molecular weight excluding hydrogens is 292 g/mol. The van der Waals surface area contributed by atoms with Crippen molar-refractivity contribution in [2.75, 3.05) is 32.0 Å². The van der Waals surface area contributed by atoms with Crippen LogP contribution in [0.4, 0.5) is 5.69 Å². The fourth-order valence-electron chi connectivity index (χ4n) is 2.88. The molecule has 0 radical (unpaired) electrons. The number of nitrogen functional groups attached to an aromatic ring is 1. The maximum Gasteiger partial charge on any atom is 0.218 e. The Labute approximate surface area is 124 Å². The monoisotopic (exact) mass is 312 g/mol. The molecule has 0 aliphatic carbocycles. The van der Waals surface area contributed by atoms with Gasteiger partial charge in [0.2, 0.25) is 10.0 Å². The van der Waals surface area contributed by atoms with Crippen molar-refractivity contribution in [2.24, 2.45) is 0 Å². The van der Waals surface area contributed by atoms with Crippen molar-refractivity contribution < 1.29 is 17.9 Å². The van der Waals surface area contributed by atoms with Crippen LogP contribution in [0.5, 0.6) is 0 Å². The molecule has 0 bridgehead atoms. The van der Waals surface area contributed by atoms with Crippen LogP contribution in [0.15, 0.2) is 24.3 Å². The molecule has 2 saturated heterocycles. The maximum atomic E-state index is 12.5. The van der Waals surface area contributed by atoms with Crippen molar-refractivity contribution >= 4 is 15.7 Å². The Kier molecular flexibility index (Phi) is 3.92. The summed E-state index contributed by atoms with van der Waals surface area (Å²) in [7, 11) is -3.33. The molecular formula is C14H20N2O4S. The Hall–Kier alpha value is -1.15. The predicted octanol–water partition coefficient (Wildman–Crippen LogP) is 0.937. The first-order chi connectivity index (χ1) is 9.99. The third-order valence-electron chi connectivity index (χ3n) is 3.99. The van der Waals surface area contributed by atoms with E-state index in [0.29, 0.717) is 50.4 Å². The minimum atomic E-state index is -3.33. The van der Waals surface area contributed by atoms with Gasteiger partial charge in [0.25, 0.3) is 0 Å². The van der Waals surface area contributed by atoms with Gasteiger partial charge in [-0.1, -0.05) is 12.1 Å². The number of hydrogen-bond acceptors (Lipinski definition) is 5. The second-order valence-electron chi connectivity index (χ2n) is 5.51. The molecule has 6 nitrogen and oxygen atoms in total. The highest BCUT2D eigenvalue weighted by molar-refractivity contribution is 7.88. The van der Waals surface area contributed by atoms with E-state index in [-0.39, 0.29) is 5.75 Å². The van der Waals surface area contributed by atoms with E-state index in [9.17, 15) is 8.42 Å². The Balaban J connectivity index is 1.66. The summed E-state index contributed by atoms with van der Waals surface area (Å²) < 4.78 is 37.7. The smallest absolute Gasteiger partial charge is 0.218 e. The van der Waals surface area contributed by atoms with Gasteiger partial charge in [-0.15, -0.1) is 0 Å². The lowest BCUT2D eigenvalue weighted by molar-refractivity contribution is -0.179. The summed E-state index contributed by atoms with van der Waals surface area (Å²) in [5.41, 5.74) is 6.98. The van der Waals surface area contributed by atoms with Gasteiger partial charge in [-0.25, -0.2) is 12.7 Å². The first-order valence-corrected chi connectivity index (χ1v) is 8.70. The molecule has 2 N–H and O–H groups in total. The third kappa shape index (κ3) is 3.21. The molecule has 1 aromatic rings. The topological polar surface area (TPSA) is 81.9 Å². The Bertz CT molecular complexity index is 601. The zero-order valence-corrected chi connectivity index (χ0v) is 12.6. The van der Waals surface area contributed by atoms with Crippen molar-refractivity contribution in [3.63, 3.8) is 0 Å². The summed E-state index contributed by atoms with van der Waals surface area (Å²) in [4.78, 5) is 0. The van der Waals surface area contributed by atoms with E-state index in [1.54, 1.807) is 24.3 Å². The second kappa shape index (κ2) is 5.57. The highest BCUT2D eigenvalue weighted by Gasteiger charge is 2.42. The summed E-state index contributed by atoms with van der Waals surface area (Å²) in [6.45, 7) is 2.06. The van der Waals surface area contributed by atoms with Crippen molar-refractivity contribution in [3.05, 3.63) is 29.8 Å². The molecule has 0 aromatic heterocycles. The molecule has 2 fully saturated rings. The van der Waals surface area contributed by atoms with Crippen molar-refractivity contribution in [3.8, 4) is 0 Å². The molecule has 21 heavy (non-hydrogen) atoms. The number of nitrogens with zero attached hydrogens (tertiary/aromatic N) is 1. The van der Waals surface area contributed by atoms with Gasteiger partial charge in [0.1, 0.15) is 0 Å². The quantitative estimate of drug-likeness (QED) is 0.840. The summed E-state index contributed by atoms with van der Waals surface area (Å²) in [6, 6.07) is 7.00. The van der Waals surface area contributed by atoms with Crippen molar-refractivity contribution in [2.45, 2.75) is 24.4 Å². The molecule has 0 saturated carbocycles. The van der Waals surface area contributed by atoms with Gasteiger partial charge in [-0.3, -0.25) is 0 Å². The van der Waals surface area contributed by atoms with E-state index in [0.717, 1.165) is 0 Å². The number of anilines is 1. The zero-order chi connectivity index (χ0) is 14.9. The van der Waals surface area contributed by atoms with E-state index in [4.69, 9.17) is 15.2 Å². The van der Waals surface area contributed by atoms with Crippen LogP contribution < -0.4 is 5.73 Å². The molecule has 1 spiro atoms. The van der Waals surface area contributed by atoms with Gasteiger partial charge in [0, 0.05) is 31.6 Å². The van der Waals surface area contributed by atoms with E-state index in [1.807, 2.05) is 0 Å². The lowest BCUT2D eigenvalue weighted by atomic mass is 10.1. The fraction of sp³-hybridized carbons (Fsp3) is 0.571. The largest absolute Gasteiger partial charge is 0.399 e. The summed E-state index contributed by atoms with van der Waals surface area (Å²) in [5, 5.41) is 0. The molecule has 116 valence electrons. The van der Waals surface area contributed by atoms with Crippen LogP contribution >= 0.6 is 0 Å². The predicted molar refractivity (Wildman–Crippen MR) is 78.9 cm³/mol. The lowest BCUT2D eigenvalue weighted by Crippen LogP contribution is -2.47. The van der Waals surface area contributed by atoms with Crippen LogP contribution in [-0.2, 0) is 25.2 Å². The SMILES string of the molecule is Nc1cccc(CS(=O)(=O)N2CCC3(CC2)OCCO3)c1. The number of sulfonamides is 1. The van der Waals surface area contributed by atoms with E-state index < -0.39 is 15.8 Å². The van der Waals surface area contributed by atoms with Crippen LogP contribution in [0.2, 0.25) is 0 Å². The molecule has 2 aliphatic rings. The van der Waals surface area contributed by atoms with Crippen LogP contribution in [-0.4, -0.2) is 44.8 Å². The second-order valence-corrected chi connectivity index (χ2v) is 7.48. The number of hydrogen-bond donors (Lipinski definition) is 1. The molecule has 7 heteroatoms. The third-order valence-corrected chi connectivity index (χ3v) is 5.84. The summed E-state index contributed by atoms with van der Waals surface area (Å²) in [6.07, 6.45) is 1.17. The first-order valence-electron chi connectivity index (χ1n) is 7.09. The maximum absolute atomic E-state index is 12.5. The minimum absolute atomic E-state index is 0.0211. The number of ether oxygens (including phenoxy) is 2. The molecule has 1 aromatic carbocycles. The number of nitrogens with two attached hydrogens (primary N) is 1. The highest BCUT2D eigenvalue weighted by atomic mass is 32.2. The molecule has 0 unspecified atom stereocenters. The van der Waals surface area contributed by atoms with E-state index >= 15 is 0 Å². The lowest BCUT2D eigenvalue weighted by Gasteiger charge is -2.36. The Morgan fingerprint density at radius 1 is 1.19 bits per heavy atom. The number of benzene rings is 1. The fourth-order valence-corrected chi connectivity index (χ4v) is 4.40. The standard InChI is InChI=1S/C14H20N2O4S/c15-13-3-1-2-12(10-13)11-21(17,18)16-6-4-14(5-7-16)19-8-9-20-14/h1-3,10H,4-9,11,15H2. The molecule has 0 atom stereocenters. The summed E-state index contributed by atoms with van der Waals surface area (Å²) >= 11 is 0. The van der Waals surface area contributed by atoms with E-state index in [2.05, 4.69) is 0 Å². The minimum Gasteiger partial charge on any atom is -0.399 e. The molecule has 2 heterocycles. The Morgan fingerprint density at radius 2 is 1.86 bits per heavy atom. The Morgan fingerprint density at radius 3 is 2.48 bits per heavy atom. The van der Waals surface area contributed by atoms with Gasteiger partial charge >= 0.3 is 0 Å². The highest BCUT2D eigenvalue weighted by Crippen LogP contribution is 2.32. The normalized spacial score (nSPS) is 22.7. The average molecular weight is 312 g/mol. The first kappa shape index (κ1) is 14.8. The van der Waals surface area contributed by atoms with Crippen LogP contribution in [0.25, 0.3) is 0 Å². The number of rotatable bonds is 3. The van der Waals surface area contributed by atoms with Gasteiger partial charge in [0.15, 0.2) is 5.79 Å². The summed E-state index contributed by atoms with van der Waals surface area (Å²) in [5.74, 6) is -0.573. The molecule has 3 rings (SSSR count). The van der Waals surface area contributed by atoms with Crippen molar-refractivity contribution in [1.29, 1.82) is 0 Å².